The average Bonchev–Trinajstić information content (AvgIpc) is 3.41. The number of unbranched alkanes of at least 4 members (excludes halogenated alkanes) is 1. The second kappa shape index (κ2) is 16.6. The molecule has 1 N–H and O–H groups in total. The molecule has 9 unspecified atom stereocenters. The molecule has 1 aliphatic heterocycles. The smallest absolute Gasteiger partial charge is 0.306 e. The number of ether oxygens (including phenoxy) is 2. The highest BCUT2D eigenvalue weighted by Gasteiger charge is 2.51. The molecular formula is C40H54N2O5. The molecule has 7 nitrogen and oxygen atoms in total. The molecule has 0 radical (unpaired) electrons. The molecule has 254 valence electrons. The SMILES string of the molecule is COC1CC(O)C2C(C)=CC3C=CC=CC(C)C(C=Cc4nc(C(C)CCCC#N)oc4C)OC(=O)CCC=C(C)C=CC3(C)C2C1. The molecule has 0 amide bonds. The number of allylic oxidation sites excluding steroid dienone is 8. The molecule has 2 heterocycles. The van der Waals surface area contributed by atoms with E-state index < -0.39 is 12.2 Å². The van der Waals surface area contributed by atoms with E-state index >= 15 is 0 Å². The van der Waals surface area contributed by atoms with Crippen LogP contribution in [0.4, 0.5) is 0 Å². The van der Waals surface area contributed by atoms with Gasteiger partial charge < -0.3 is 19.0 Å². The Balaban J connectivity index is 1.61. The first-order chi connectivity index (χ1) is 22.5. The number of carbonyl (C=O) groups excluding carboxylic acids is 1. The molecule has 1 aromatic rings. The van der Waals surface area contributed by atoms with Crippen LogP contribution in [0.1, 0.15) is 103 Å². The number of hydrogen-bond acceptors (Lipinski definition) is 7. The van der Waals surface area contributed by atoms with Gasteiger partial charge in [-0.1, -0.05) is 80.5 Å². The largest absolute Gasteiger partial charge is 0.457 e. The lowest BCUT2D eigenvalue weighted by molar-refractivity contribution is -0.148. The van der Waals surface area contributed by atoms with Gasteiger partial charge in [0.25, 0.3) is 0 Å². The zero-order chi connectivity index (χ0) is 34.1. The zero-order valence-electron chi connectivity index (χ0n) is 29.3. The van der Waals surface area contributed by atoms with E-state index in [-0.39, 0.29) is 53.5 Å². The van der Waals surface area contributed by atoms with Crippen molar-refractivity contribution in [1.82, 2.24) is 4.98 Å². The molecule has 0 saturated heterocycles. The number of rotatable bonds is 7. The predicted octanol–water partition coefficient (Wildman–Crippen LogP) is 8.73. The fourth-order valence-electron chi connectivity index (χ4n) is 7.44. The van der Waals surface area contributed by atoms with Gasteiger partial charge in [-0.15, -0.1) is 0 Å². The Morgan fingerprint density at radius 3 is 2.74 bits per heavy atom. The molecule has 0 bridgehead atoms. The Morgan fingerprint density at radius 2 is 2.00 bits per heavy atom. The van der Waals surface area contributed by atoms with Crippen molar-refractivity contribution in [2.24, 2.45) is 29.1 Å². The maximum Gasteiger partial charge on any atom is 0.306 e. The summed E-state index contributed by atoms with van der Waals surface area (Å²) in [6.45, 7) is 12.5. The number of cyclic esters (lactones) is 1. The van der Waals surface area contributed by atoms with Crippen LogP contribution in [0.5, 0.6) is 0 Å². The third-order valence-electron chi connectivity index (χ3n) is 10.5. The second-order valence-electron chi connectivity index (χ2n) is 14.0. The van der Waals surface area contributed by atoms with Gasteiger partial charge in [-0.25, -0.2) is 4.98 Å². The Bertz CT molecular complexity index is 1450. The van der Waals surface area contributed by atoms with Crippen molar-refractivity contribution in [1.29, 1.82) is 5.26 Å². The maximum absolute atomic E-state index is 13.0. The number of aryl methyl sites for hydroxylation is 1. The molecule has 47 heavy (non-hydrogen) atoms. The van der Waals surface area contributed by atoms with E-state index in [9.17, 15) is 9.90 Å². The van der Waals surface area contributed by atoms with Crippen LogP contribution in [0.2, 0.25) is 0 Å². The van der Waals surface area contributed by atoms with Gasteiger partial charge in [0.1, 0.15) is 17.6 Å². The molecule has 1 fully saturated rings. The van der Waals surface area contributed by atoms with Crippen LogP contribution in [-0.2, 0) is 14.3 Å². The number of nitriles is 1. The summed E-state index contributed by atoms with van der Waals surface area (Å²) in [5, 5.41) is 20.0. The molecule has 3 aliphatic rings. The number of aliphatic hydroxyl groups excluding tert-OH is 1. The summed E-state index contributed by atoms with van der Waals surface area (Å²) >= 11 is 0. The van der Waals surface area contributed by atoms with Crippen LogP contribution in [0, 0.1) is 47.3 Å². The lowest BCUT2D eigenvalue weighted by Gasteiger charge is -2.53. The first kappa shape index (κ1) is 36.4. The van der Waals surface area contributed by atoms with Crippen LogP contribution in [0.25, 0.3) is 6.08 Å². The van der Waals surface area contributed by atoms with Gasteiger partial charge in [0.15, 0.2) is 5.89 Å². The highest BCUT2D eigenvalue weighted by molar-refractivity contribution is 5.70. The van der Waals surface area contributed by atoms with Crippen molar-refractivity contribution < 1.29 is 23.8 Å². The fourth-order valence-corrected chi connectivity index (χ4v) is 7.44. The minimum atomic E-state index is -0.477. The quantitative estimate of drug-likeness (QED) is 0.180. The summed E-state index contributed by atoms with van der Waals surface area (Å²) in [6.07, 6.45) is 24.9. The van der Waals surface area contributed by atoms with Crippen LogP contribution in [0.15, 0.2) is 70.2 Å². The van der Waals surface area contributed by atoms with Gasteiger partial charge in [0.05, 0.1) is 18.3 Å². The molecule has 9 atom stereocenters. The van der Waals surface area contributed by atoms with Gasteiger partial charge in [-0.2, -0.15) is 5.26 Å². The van der Waals surface area contributed by atoms with Crippen molar-refractivity contribution >= 4 is 12.0 Å². The molecule has 2 aliphatic carbocycles. The van der Waals surface area contributed by atoms with Crippen LogP contribution in [0.3, 0.4) is 0 Å². The zero-order valence-corrected chi connectivity index (χ0v) is 29.3. The summed E-state index contributed by atoms with van der Waals surface area (Å²) in [5.41, 5.74) is 2.84. The van der Waals surface area contributed by atoms with Crippen molar-refractivity contribution in [2.45, 2.75) is 111 Å². The van der Waals surface area contributed by atoms with Crippen molar-refractivity contribution in [3.05, 3.63) is 83.2 Å². The third kappa shape index (κ3) is 9.12. The number of carbonyl (C=O) groups is 1. The number of aliphatic hydroxyl groups is 1. The van der Waals surface area contributed by atoms with Gasteiger partial charge in [-0.3, -0.25) is 4.79 Å². The number of aromatic nitrogens is 1. The standard InChI is InChI=1S/C40H54N2O5/c1-26-13-12-17-37(44)47-36(19-18-34-30(5)46-39(42-34)28(3)15-10-11-22-41)27(2)14-8-9-16-31-23-29(4)38-33(40(31,6)21-20-26)24-32(45-7)25-35(38)43/h8-9,13-14,16,18-21,23,27-28,31-33,35-36,38,43H,10-12,15,17,24-25H2,1-7H3. The lowest BCUT2D eigenvalue weighted by atomic mass is 9.53. The van der Waals surface area contributed by atoms with E-state index in [0.29, 0.717) is 30.9 Å². The van der Waals surface area contributed by atoms with Crippen molar-refractivity contribution in [2.75, 3.05) is 7.11 Å². The molecule has 0 spiro atoms. The Labute approximate surface area is 281 Å². The van der Waals surface area contributed by atoms with E-state index in [1.54, 1.807) is 7.11 Å². The van der Waals surface area contributed by atoms with Crippen LogP contribution < -0.4 is 0 Å². The van der Waals surface area contributed by atoms with E-state index in [2.05, 4.69) is 83.2 Å². The number of hydrogen-bond donors (Lipinski definition) is 1. The minimum absolute atomic E-state index is 0.0335. The summed E-state index contributed by atoms with van der Waals surface area (Å²) in [5.74, 6) is 1.63. The number of fused-ring (bicyclic) bond motifs is 3. The highest BCUT2D eigenvalue weighted by Crippen LogP contribution is 2.54. The molecule has 7 heteroatoms. The summed E-state index contributed by atoms with van der Waals surface area (Å²) < 4.78 is 17.8. The molecule has 0 aromatic carbocycles. The second-order valence-corrected chi connectivity index (χ2v) is 14.0. The number of oxazole rings is 1. The third-order valence-corrected chi connectivity index (χ3v) is 10.5. The minimum Gasteiger partial charge on any atom is -0.457 e. The fraction of sp³-hybridized carbons (Fsp3) is 0.575. The van der Waals surface area contributed by atoms with E-state index in [1.807, 2.05) is 25.2 Å². The van der Waals surface area contributed by atoms with Gasteiger partial charge in [0.2, 0.25) is 0 Å². The van der Waals surface area contributed by atoms with Gasteiger partial charge in [-0.05, 0) is 69.9 Å². The Hall–Kier alpha value is -3.47. The lowest BCUT2D eigenvalue weighted by Crippen LogP contribution is -2.50. The number of nitrogens with zero attached hydrogens (tertiary/aromatic N) is 2. The van der Waals surface area contributed by atoms with E-state index in [4.69, 9.17) is 24.1 Å². The van der Waals surface area contributed by atoms with E-state index in [0.717, 1.165) is 30.5 Å². The van der Waals surface area contributed by atoms with Gasteiger partial charge in [0, 0.05) is 50.0 Å². The molecular weight excluding hydrogens is 588 g/mol. The topological polar surface area (TPSA) is 106 Å². The maximum atomic E-state index is 13.0. The number of esters is 1. The molecule has 1 aromatic heterocycles. The normalized spacial score (nSPS) is 32.6. The first-order valence-electron chi connectivity index (χ1n) is 17.3. The summed E-state index contributed by atoms with van der Waals surface area (Å²) in [7, 11) is 1.75. The van der Waals surface area contributed by atoms with E-state index in [1.165, 1.54) is 5.57 Å². The predicted molar refractivity (Wildman–Crippen MR) is 186 cm³/mol. The average molecular weight is 643 g/mol. The highest BCUT2D eigenvalue weighted by atomic mass is 16.5. The first-order valence-corrected chi connectivity index (χ1v) is 17.3. The monoisotopic (exact) mass is 642 g/mol. The van der Waals surface area contributed by atoms with Crippen molar-refractivity contribution in [3.63, 3.8) is 0 Å². The Morgan fingerprint density at radius 1 is 1.23 bits per heavy atom. The Kier molecular flexibility index (Phi) is 12.8. The van der Waals surface area contributed by atoms with Crippen LogP contribution >= 0.6 is 0 Å². The molecule has 4 rings (SSSR count). The summed E-state index contributed by atoms with van der Waals surface area (Å²) in [6, 6.07) is 2.19. The number of methoxy groups -OCH3 is 1. The van der Waals surface area contributed by atoms with Crippen molar-refractivity contribution in [3.8, 4) is 6.07 Å². The summed E-state index contributed by atoms with van der Waals surface area (Å²) in [4.78, 5) is 17.7. The molecule has 1 saturated carbocycles. The van der Waals surface area contributed by atoms with Crippen LogP contribution in [-0.4, -0.2) is 41.5 Å². The van der Waals surface area contributed by atoms with Gasteiger partial charge >= 0.3 is 5.97 Å².